The first-order valence-corrected chi connectivity index (χ1v) is 8.49. The molecule has 0 spiro atoms. The fourth-order valence-corrected chi connectivity index (χ4v) is 3.02. The Kier molecular flexibility index (Phi) is 4.58. The van der Waals surface area contributed by atoms with Crippen molar-refractivity contribution >= 4 is 33.8 Å². The highest BCUT2D eigenvalue weighted by Gasteiger charge is 2.17. The Labute approximate surface area is 142 Å². The minimum Gasteiger partial charge on any atom is -0.350 e. The fourth-order valence-electron chi connectivity index (χ4n) is 2.13. The largest absolute Gasteiger partial charge is 0.350 e. The molecule has 2 heterocycles. The van der Waals surface area contributed by atoms with E-state index in [2.05, 4.69) is 20.6 Å². The minimum atomic E-state index is -0.191. The second-order valence-corrected chi connectivity index (χ2v) is 6.84. The molecule has 120 valence electrons. The first-order valence-electron chi connectivity index (χ1n) is 7.29. The Morgan fingerprint density at radius 1 is 1.30 bits per heavy atom. The van der Waals surface area contributed by atoms with E-state index in [1.54, 1.807) is 4.52 Å². The number of nitrogens with zero attached hydrogens (tertiary/aromatic N) is 4. The number of fused-ring (bicyclic) bond motifs is 1. The number of nitrogens with one attached hydrogen (secondary N) is 1. The van der Waals surface area contributed by atoms with Gasteiger partial charge in [0, 0.05) is 17.5 Å². The maximum absolute atomic E-state index is 12.2. The summed E-state index contributed by atoms with van der Waals surface area (Å²) in [7, 11) is 0. The van der Waals surface area contributed by atoms with Crippen molar-refractivity contribution in [2.24, 2.45) is 0 Å². The summed E-state index contributed by atoms with van der Waals surface area (Å²) in [6, 6.07) is 7.59. The number of carbonyl (C=O) groups excluding carboxylic acids is 1. The molecule has 0 saturated heterocycles. The van der Waals surface area contributed by atoms with E-state index in [1.807, 2.05) is 38.1 Å². The summed E-state index contributed by atoms with van der Waals surface area (Å²) >= 11 is 7.09. The molecule has 0 bridgehead atoms. The number of aromatic nitrogens is 4. The van der Waals surface area contributed by atoms with Gasteiger partial charge in [-0.25, -0.2) is 0 Å². The third-order valence-electron chi connectivity index (χ3n) is 3.34. The second kappa shape index (κ2) is 6.64. The van der Waals surface area contributed by atoms with Crippen LogP contribution in [-0.4, -0.2) is 32.3 Å². The predicted molar refractivity (Wildman–Crippen MR) is 90.2 cm³/mol. The first-order chi connectivity index (χ1) is 11.0. The zero-order chi connectivity index (χ0) is 16.4. The van der Waals surface area contributed by atoms with Crippen LogP contribution in [0.15, 0.2) is 24.3 Å². The molecule has 0 radical (unpaired) electrons. The van der Waals surface area contributed by atoms with Gasteiger partial charge in [0.05, 0.1) is 0 Å². The van der Waals surface area contributed by atoms with Crippen LogP contribution in [0.4, 0.5) is 0 Å². The third kappa shape index (κ3) is 3.51. The van der Waals surface area contributed by atoms with Crippen molar-refractivity contribution in [1.29, 1.82) is 0 Å². The Bertz CT molecular complexity index is 824. The summed E-state index contributed by atoms with van der Waals surface area (Å²) < 4.78 is 1.64. The molecule has 1 amide bonds. The van der Waals surface area contributed by atoms with E-state index in [4.69, 9.17) is 11.6 Å². The molecule has 0 aliphatic carbocycles. The lowest BCUT2D eigenvalue weighted by Gasteiger charge is -2.03. The summed E-state index contributed by atoms with van der Waals surface area (Å²) in [6.07, 6.45) is 0.740. The van der Waals surface area contributed by atoms with Crippen LogP contribution < -0.4 is 5.32 Å². The summed E-state index contributed by atoms with van der Waals surface area (Å²) in [5.74, 6) is 0.772. The van der Waals surface area contributed by atoms with Gasteiger partial charge in [-0.2, -0.15) is 4.52 Å². The van der Waals surface area contributed by atoms with Gasteiger partial charge in [0.25, 0.3) is 5.91 Å². The molecule has 3 rings (SSSR count). The van der Waals surface area contributed by atoms with Crippen LogP contribution in [0.1, 0.15) is 41.0 Å². The van der Waals surface area contributed by atoms with Crippen molar-refractivity contribution in [3.05, 3.63) is 45.7 Å². The number of hydrogen-bond acceptors (Lipinski definition) is 5. The molecule has 1 aromatic carbocycles. The van der Waals surface area contributed by atoms with Crippen LogP contribution in [-0.2, 0) is 6.42 Å². The number of halogens is 1. The standard InChI is InChI=1S/C15H16ClN5OS/c1-9(2)12-18-19-15-21(12)20-14(23-15)13(22)17-8-7-10-3-5-11(16)6-4-10/h3-6,9H,7-8H2,1-2H3,(H,17,22). The zero-order valence-corrected chi connectivity index (χ0v) is 14.4. The molecule has 0 atom stereocenters. The van der Waals surface area contributed by atoms with Gasteiger partial charge >= 0.3 is 0 Å². The summed E-state index contributed by atoms with van der Waals surface area (Å²) in [4.78, 5) is 12.8. The van der Waals surface area contributed by atoms with Gasteiger partial charge in [0.1, 0.15) is 0 Å². The smallest absolute Gasteiger partial charge is 0.282 e. The number of amides is 1. The number of hydrogen-bond donors (Lipinski definition) is 1. The highest BCUT2D eigenvalue weighted by atomic mass is 35.5. The second-order valence-electron chi connectivity index (χ2n) is 5.45. The molecule has 1 N–H and O–H groups in total. The summed E-state index contributed by atoms with van der Waals surface area (Å²) in [6.45, 7) is 4.57. The molecule has 3 aromatic rings. The van der Waals surface area contributed by atoms with E-state index in [-0.39, 0.29) is 11.8 Å². The van der Waals surface area contributed by atoms with Crippen LogP contribution >= 0.6 is 22.9 Å². The molecule has 0 aliphatic heterocycles. The number of benzene rings is 1. The summed E-state index contributed by atoms with van der Waals surface area (Å²) in [5, 5.41) is 16.4. The first kappa shape index (κ1) is 15.9. The van der Waals surface area contributed by atoms with Crippen molar-refractivity contribution in [3.8, 4) is 0 Å². The van der Waals surface area contributed by atoms with Crippen molar-refractivity contribution in [1.82, 2.24) is 25.1 Å². The number of carbonyl (C=O) groups is 1. The fraction of sp³-hybridized carbons (Fsp3) is 0.333. The van der Waals surface area contributed by atoms with Crippen molar-refractivity contribution in [3.63, 3.8) is 0 Å². The molecular weight excluding hydrogens is 334 g/mol. The predicted octanol–water partition coefficient (Wildman–Crippen LogP) is 2.94. The SMILES string of the molecule is CC(C)c1nnc2sc(C(=O)NCCc3ccc(Cl)cc3)nn12. The average molecular weight is 350 g/mol. The van der Waals surface area contributed by atoms with Crippen LogP contribution in [0.5, 0.6) is 0 Å². The van der Waals surface area contributed by atoms with Gasteiger partial charge in [0.15, 0.2) is 5.82 Å². The Hall–Kier alpha value is -1.99. The maximum atomic E-state index is 12.2. The van der Waals surface area contributed by atoms with Gasteiger partial charge < -0.3 is 5.32 Å². The highest BCUT2D eigenvalue weighted by Crippen LogP contribution is 2.18. The topological polar surface area (TPSA) is 72.2 Å². The van der Waals surface area contributed by atoms with E-state index in [0.29, 0.717) is 21.5 Å². The summed E-state index contributed by atoms with van der Waals surface area (Å²) in [5.41, 5.74) is 1.12. The van der Waals surface area contributed by atoms with Crippen molar-refractivity contribution < 1.29 is 4.79 Å². The minimum absolute atomic E-state index is 0.191. The monoisotopic (exact) mass is 349 g/mol. The van der Waals surface area contributed by atoms with Crippen LogP contribution in [0.3, 0.4) is 0 Å². The molecular formula is C15H16ClN5OS. The van der Waals surface area contributed by atoms with E-state index < -0.39 is 0 Å². The van der Waals surface area contributed by atoms with Gasteiger partial charge in [0.2, 0.25) is 9.97 Å². The third-order valence-corrected chi connectivity index (χ3v) is 4.49. The zero-order valence-electron chi connectivity index (χ0n) is 12.8. The van der Waals surface area contributed by atoms with Gasteiger partial charge in [-0.1, -0.05) is 48.9 Å². The highest BCUT2D eigenvalue weighted by molar-refractivity contribution is 7.18. The molecule has 23 heavy (non-hydrogen) atoms. The average Bonchev–Trinajstić information content (AvgIpc) is 3.09. The lowest BCUT2D eigenvalue weighted by Crippen LogP contribution is -2.25. The molecule has 0 fully saturated rings. The Morgan fingerprint density at radius 2 is 2.04 bits per heavy atom. The lowest BCUT2D eigenvalue weighted by molar-refractivity contribution is 0.0952. The van der Waals surface area contributed by atoms with E-state index in [1.165, 1.54) is 11.3 Å². The van der Waals surface area contributed by atoms with Crippen molar-refractivity contribution in [2.45, 2.75) is 26.2 Å². The van der Waals surface area contributed by atoms with Gasteiger partial charge in [-0.3, -0.25) is 4.79 Å². The quantitative estimate of drug-likeness (QED) is 0.768. The Balaban J connectivity index is 1.63. The molecule has 0 saturated carbocycles. The molecule has 0 unspecified atom stereocenters. The van der Waals surface area contributed by atoms with E-state index in [9.17, 15) is 4.79 Å². The molecule has 8 heteroatoms. The maximum Gasteiger partial charge on any atom is 0.282 e. The van der Waals surface area contributed by atoms with E-state index in [0.717, 1.165) is 17.8 Å². The van der Waals surface area contributed by atoms with Gasteiger partial charge in [-0.15, -0.1) is 15.3 Å². The normalized spacial score (nSPS) is 11.3. The van der Waals surface area contributed by atoms with Crippen LogP contribution in [0, 0.1) is 0 Å². The Morgan fingerprint density at radius 3 is 2.74 bits per heavy atom. The number of rotatable bonds is 5. The lowest BCUT2D eigenvalue weighted by atomic mass is 10.1. The molecule has 2 aromatic heterocycles. The van der Waals surface area contributed by atoms with Crippen LogP contribution in [0.2, 0.25) is 5.02 Å². The van der Waals surface area contributed by atoms with Gasteiger partial charge in [-0.05, 0) is 24.1 Å². The molecule has 6 nitrogen and oxygen atoms in total. The van der Waals surface area contributed by atoms with Crippen molar-refractivity contribution in [2.75, 3.05) is 6.54 Å². The molecule has 0 aliphatic rings. The van der Waals surface area contributed by atoms with Crippen LogP contribution in [0.25, 0.3) is 4.96 Å². The van der Waals surface area contributed by atoms with E-state index >= 15 is 0 Å².